The summed E-state index contributed by atoms with van der Waals surface area (Å²) in [5.41, 5.74) is 2.62. The molecule has 0 radical (unpaired) electrons. The van der Waals surface area contributed by atoms with Gasteiger partial charge in [-0.2, -0.15) is 0 Å². The van der Waals surface area contributed by atoms with Gasteiger partial charge in [-0.05, 0) is 75.6 Å². The Bertz CT molecular complexity index is 1490. The lowest BCUT2D eigenvalue weighted by molar-refractivity contribution is 0.0953. The van der Waals surface area contributed by atoms with Crippen LogP contribution in [0.5, 0.6) is 0 Å². The van der Waals surface area contributed by atoms with Gasteiger partial charge < -0.3 is 15.0 Å². The molecule has 1 aliphatic rings. The predicted octanol–water partition coefficient (Wildman–Crippen LogP) is 1.40. The highest BCUT2D eigenvalue weighted by molar-refractivity contribution is 9.10. The summed E-state index contributed by atoms with van der Waals surface area (Å²) in [6, 6.07) is 9.28. The molecule has 2 aromatic heterocycles. The average Bonchev–Trinajstić information content (AvgIpc) is 3.49. The number of aromatic nitrogens is 4. The van der Waals surface area contributed by atoms with E-state index in [4.69, 9.17) is 13.8 Å². The Morgan fingerprint density at radius 1 is 1.25 bits per heavy atom. The summed E-state index contributed by atoms with van der Waals surface area (Å²) in [6.45, 7) is 0.688. The van der Waals surface area contributed by atoms with Crippen molar-refractivity contribution in [2.75, 3.05) is 13.2 Å². The number of carbonyl (C=O) groups excluding carboxylic acids is 1. The van der Waals surface area contributed by atoms with Crippen molar-refractivity contribution in [1.82, 2.24) is 25.4 Å². The molecule has 14 heteroatoms. The minimum Gasteiger partial charge on any atom is -0.423 e. The van der Waals surface area contributed by atoms with Crippen LogP contribution in [0.2, 0.25) is 0 Å². The van der Waals surface area contributed by atoms with Crippen LogP contribution in [0.4, 0.5) is 4.39 Å². The zero-order valence-electron chi connectivity index (χ0n) is 18.6. The Morgan fingerprint density at radius 2 is 2.11 bits per heavy atom. The normalized spacial score (nSPS) is 13.0. The SMILES string of the molecule is O=C(NCCCc1nonc1-c1noc(=O)n1-c1ccc(F)c(Br)c1)c1cccc2c1B(O)OCC2. The average molecular weight is 558 g/mol. The Balaban J connectivity index is 1.28. The van der Waals surface area contributed by atoms with E-state index in [-0.39, 0.29) is 21.9 Å². The van der Waals surface area contributed by atoms with Gasteiger partial charge in [0.15, 0.2) is 5.69 Å². The van der Waals surface area contributed by atoms with Crippen LogP contribution in [-0.4, -0.2) is 51.2 Å². The molecule has 0 fully saturated rings. The molecule has 3 heterocycles. The summed E-state index contributed by atoms with van der Waals surface area (Å²) in [7, 11) is -1.14. The lowest BCUT2D eigenvalue weighted by Crippen LogP contribution is -2.46. The monoisotopic (exact) mass is 557 g/mol. The van der Waals surface area contributed by atoms with Crippen molar-refractivity contribution >= 4 is 34.4 Å². The van der Waals surface area contributed by atoms with Crippen molar-refractivity contribution in [1.29, 1.82) is 0 Å². The number of rotatable bonds is 7. The molecular formula is C22H18BBrFN5O6. The first-order chi connectivity index (χ1) is 17.4. The maximum Gasteiger partial charge on any atom is 0.492 e. The molecule has 1 amide bonds. The van der Waals surface area contributed by atoms with Gasteiger partial charge in [-0.15, -0.1) is 0 Å². The lowest BCUT2D eigenvalue weighted by atomic mass is 9.70. The second-order valence-corrected chi connectivity index (χ2v) is 8.83. The zero-order valence-corrected chi connectivity index (χ0v) is 20.2. The third-order valence-electron chi connectivity index (χ3n) is 5.75. The van der Waals surface area contributed by atoms with E-state index in [1.165, 1.54) is 18.2 Å². The van der Waals surface area contributed by atoms with E-state index in [0.29, 0.717) is 54.8 Å². The quantitative estimate of drug-likeness (QED) is 0.254. The maximum atomic E-state index is 13.7. The second kappa shape index (κ2) is 10.2. The smallest absolute Gasteiger partial charge is 0.423 e. The molecule has 0 atom stereocenters. The van der Waals surface area contributed by atoms with Crippen LogP contribution in [0, 0.1) is 5.82 Å². The molecule has 0 saturated heterocycles. The number of amides is 1. The van der Waals surface area contributed by atoms with Crippen LogP contribution < -0.4 is 16.5 Å². The number of halogens is 2. The van der Waals surface area contributed by atoms with Gasteiger partial charge in [0, 0.05) is 18.7 Å². The molecule has 2 aromatic carbocycles. The van der Waals surface area contributed by atoms with Crippen molar-refractivity contribution in [3.8, 4) is 17.2 Å². The highest BCUT2D eigenvalue weighted by atomic mass is 79.9. The second-order valence-electron chi connectivity index (χ2n) is 7.98. The molecule has 5 rings (SSSR count). The number of hydrogen-bond acceptors (Lipinski definition) is 9. The van der Waals surface area contributed by atoms with Gasteiger partial charge in [-0.25, -0.2) is 18.4 Å². The molecule has 0 spiro atoms. The largest absolute Gasteiger partial charge is 0.492 e. The van der Waals surface area contributed by atoms with E-state index in [9.17, 15) is 19.0 Å². The predicted molar refractivity (Wildman–Crippen MR) is 127 cm³/mol. The minimum absolute atomic E-state index is 0.0451. The van der Waals surface area contributed by atoms with E-state index in [0.717, 1.165) is 10.1 Å². The summed E-state index contributed by atoms with van der Waals surface area (Å²) in [6.07, 6.45) is 1.43. The van der Waals surface area contributed by atoms with Gasteiger partial charge in [-0.3, -0.25) is 9.32 Å². The number of fused-ring (bicyclic) bond motifs is 1. The molecule has 4 aromatic rings. The van der Waals surface area contributed by atoms with Crippen molar-refractivity contribution < 1.29 is 28.0 Å². The number of benzene rings is 2. The molecule has 0 unspecified atom stereocenters. The Kier molecular flexibility index (Phi) is 6.81. The van der Waals surface area contributed by atoms with Crippen molar-refractivity contribution in [2.24, 2.45) is 0 Å². The van der Waals surface area contributed by atoms with Crippen LogP contribution >= 0.6 is 15.9 Å². The number of carbonyl (C=O) groups is 1. The number of aryl methyl sites for hydroxylation is 1. The van der Waals surface area contributed by atoms with E-state index in [1.807, 2.05) is 6.07 Å². The molecule has 2 N–H and O–H groups in total. The van der Waals surface area contributed by atoms with Gasteiger partial charge in [0.1, 0.15) is 11.5 Å². The Labute approximate surface area is 211 Å². The molecule has 0 bridgehead atoms. The van der Waals surface area contributed by atoms with Gasteiger partial charge in [0.25, 0.3) is 5.91 Å². The fourth-order valence-corrected chi connectivity index (χ4v) is 4.40. The number of nitrogens with zero attached hydrogens (tertiary/aromatic N) is 4. The first-order valence-electron chi connectivity index (χ1n) is 11.0. The van der Waals surface area contributed by atoms with Crippen molar-refractivity contribution in [3.05, 3.63) is 74.1 Å². The van der Waals surface area contributed by atoms with Gasteiger partial charge >= 0.3 is 12.9 Å². The minimum atomic E-state index is -1.14. The number of nitrogens with one attached hydrogen (secondary N) is 1. The molecular weight excluding hydrogens is 540 g/mol. The summed E-state index contributed by atoms with van der Waals surface area (Å²) < 4.78 is 29.9. The standard InChI is InChI=1S/C22H18BBrFN5O6/c24-15-11-13(6-7-16(15)25)30-20(29-35-22(30)32)19-17(27-36-28-19)5-2-9-26-21(31)14-4-1-3-12-8-10-34-23(33)18(12)14/h1,3-4,6-7,11,33H,2,5,8-10H2,(H,26,31). The highest BCUT2D eigenvalue weighted by Gasteiger charge is 2.30. The topological polar surface area (TPSA) is 146 Å². The molecule has 0 aliphatic carbocycles. The van der Waals surface area contributed by atoms with Crippen LogP contribution in [0.25, 0.3) is 17.2 Å². The van der Waals surface area contributed by atoms with Gasteiger partial charge in [-0.1, -0.05) is 22.4 Å². The summed E-state index contributed by atoms with van der Waals surface area (Å²) in [5.74, 6) is -1.57. The lowest BCUT2D eigenvalue weighted by Gasteiger charge is -2.21. The molecule has 1 aliphatic heterocycles. The first-order valence-corrected chi connectivity index (χ1v) is 11.8. The molecule has 184 valence electrons. The van der Waals surface area contributed by atoms with E-state index >= 15 is 0 Å². The Hall–Kier alpha value is -3.62. The molecule has 0 saturated carbocycles. The third-order valence-corrected chi connectivity index (χ3v) is 6.35. The van der Waals surface area contributed by atoms with Gasteiger partial charge in [0.05, 0.1) is 10.2 Å². The fraction of sp³-hybridized carbons (Fsp3) is 0.227. The highest BCUT2D eigenvalue weighted by Crippen LogP contribution is 2.24. The van der Waals surface area contributed by atoms with Crippen LogP contribution in [0.15, 0.2) is 54.8 Å². The Morgan fingerprint density at radius 3 is 2.94 bits per heavy atom. The molecule has 36 heavy (non-hydrogen) atoms. The van der Waals surface area contributed by atoms with Crippen molar-refractivity contribution in [3.63, 3.8) is 0 Å². The fourth-order valence-electron chi connectivity index (χ4n) is 4.03. The van der Waals surface area contributed by atoms with E-state index < -0.39 is 18.7 Å². The van der Waals surface area contributed by atoms with E-state index in [2.05, 4.69) is 36.7 Å². The van der Waals surface area contributed by atoms with E-state index in [1.54, 1.807) is 12.1 Å². The summed E-state index contributed by atoms with van der Waals surface area (Å²) >= 11 is 3.09. The van der Waals surface area contributed by atoms with Gasteiger partial charge in [0.2, 0.25) is 5.82 Å². The molecule has 11 nitrogen and oxygen atoms in total. The summed E-state index contributed by atoms with van der Waals surface area (Å²) in [4.78, 5) is 25.1. The maximum absolute atomic E-state index is 13.7. The number of hydrogen-bond donors (Lipinski definition) is 2. The summed E-state index contributed by atoms with van der Waals surface area (Å²) in [5, 5.41) is 24.6. The van der Waals surface area contributed by atoms with Crippen LogP contribution in [0.1, 0.15) is 28.0 Å². The zero-order chi connectivity index (χ0) is 25.2. The first kappa shape index (κ1) is 24.1. The third kappa shape index (κ3) is 4.62. The van der Waals surface area contributed by atoms with Crippen LogP contribution in [-0.2, 0) is 17.5 Å². The van der Waals surface area contributed by atoms with Crippen LogP contribution in [0.3, 0.4) is 0 Å². The van der Waals surface area contributed by atoms with Crippen molar-refractivity contribution in [2.45, 2.75) is 19.3 Å².